The molecule has 0 saturated heterocycles. The summed E-state index contributed by atoms with van der Waals surface area (Å²) in [6.45, 7) is 0.896. The molecule has 1 aromatic heterocycles. The SMILES string of the molecule is CNC(=S)NCCCSc1ncc[nH]1. The average Bonchev–Trinajstić information content (AvgIpc) is 2.69. The zero-order valence-corrected chi connectivity index (χ0v) is 9.67. The topological polar surface area (TPSA) is 52.7 Å². The molecule has 0 amide bonds. The van der Waals surface area contributed by atoms with Crippen LogP contribution in [0.3, 0.4) is 0 Å². The molecular weight excluding hydrogens is 216 g/mol. The molecule has 4 nitrogen and oxygen atoms in total. The molecule has 1 heterocycles. The second-order valence-electron chi connectivity index (χ2n) is 2.60. The molecule has 0 unspecified atom stereocenters. The molecule has 0 fully saturated rings. The molecule has 0 aliphatic carbocycles. The number of nitrogens with one attached hydrogen (secondary N) is 3. The van der Waals surface area contributed by atoms with E-state index < -0.39 is 0 Å². The summed E-state index contributed by atoms with van der Waals surface area (Å²) in [6, 6.07) is 0. The van der Waals surface area contributed by atoms with E-state index in [1.54, 1.807) is 18.0 Å². The predicted octanol–water partition coefficient (Wildman–Crippen LogP) is 0.986. The summed E-state index contributed by atoms with van der Waals surface area (Å²) < 4.78 is 0. The van der Waals surface area contributed by atoms with E-state index in [9.17, 15) is 0 Å². The first-order valence-corrected chi connectivity index (χ1v) is 5.80. The number of H-pyrrole nitrogens is 1. The van der Waals surface area contributed by atoms with E-state index in [-0.39, 0.29) is 0 Å². The number of aromatic amines is 1. The van der Waals surface area contributed by atoms with Crippen molar-refractivity contribution in [3.8, 4) is 0 Å². The first-order chi connectivity index (χ1) is 6.83. The zero-order chi connectivity index (χ0) is 10.2. The second kappa shape index (κ2) is 6.67. The third-order valence-electron chi connectivity index (χ3n) is 1.55. The van der Waals surface area contributed by atoms with Crippen LogP contribution in [-0.2, 0) is 0 Å². The van der Waals surface area contributed by atoms with Crippen LogP contribution in [-0.4, -0.2) is 34.4 Å². The quantitative estimate of drug-likeness (QED) is 0.400. The molecule has 3 N–H and O–H groups in total. The maximum absolute atomic E-state index is 4.94. The van der Waals surface area contributed by atoms with Gasteiger partial charge in [0, 0.05) is 31.7 Å². The smallest absolute Gasteiger partial charge is 0.166 e. The Morgan fingerprint density at radius 3 is 3.21 bits per heavy atom. The number of nitrogens with zero attached hydrogens (tertiary/aromatic N) is 1. The molecule has 14 heavy (non-hydrogen) atoms. The van der Waals surface area contributed by atoms with Crippen LogP contribution in [0, 0.1) is 0 Å². The zero-order valence-electron chi connectivity index (χ0n) is 8.04. The van der Waals surface area contributed by atoms with Gasteiger partial charge in [-0.15, -0.1) is 0 Å². The van der Waals surface area contributed by atoms with Gasteiger partial charge in [0.1, 0.15) is 0 Å². The van der Waals surface area contributed by atoms with E-state index in [1.807, 2.05) is 13.2 Å². The van der Waals surface area contributed by atoms with Gasteiger partial charge in [0.15, 0.2) is 10.3 Å². The van der Waals surface area contributed by atoms with Crippen molar-refractivity contribution in [1.29, 1.82) is 0 Å². The lowest BCUT2D eigenvalue weighted by atomic mass is 10.5. The molecule has 0 radical (unpaired) electrons. The van der Waals surface area contributed by atoms with E-state index in [4.69, 9.17) is 12.2 Å². The summed E-state index contributed by atoms with van der Waals surface area (Å²) in [4.78, 5) is 7.16. The van der Waals surface area contributed by atoms with Crippen LogP contribution in [0.2, 0.25) is 0 Å². The van der Waals surface area contributed by atoms with Crippen LogP contribution < -0.4 is 10.6 Å². The summed E-state index contributed by atoms with van der Waals surface area (Å²) >= 11 is 6.65. The van der Waals surface area contributed by atoms with Crippen molar-refractivity contribution in [3.63, 3.8) is 0 Å². The molecule has 0 aliphatic heterocycles. The summed E-state index contributed by atoms with van der Waals surface area (Å²) in [5, 5.41) is 7.63. The lowest BCUT2D eigenvalue weighted by Gasteiger charge is -2.05. The van der Waals surface area contributed by atoms with E-state index >= 15 is 0 Å². The minimum atomic E-state index is 0.702. The summed E-state index contributed by atoms with van der Waals surface area (Å²) in [5.41, 5.74) is 0. The van der Waals surface area contributed by atoms with Crippen LogP contribution in [0.5, 0.6) is 0 Å². The summed E-state index contributed by atoms with van der Waals surface area (Å²) in [7, 11) is 1.81. The van der Waals surface area contributed by atoms with Crippen molar-refractivity contribution in [2.45, 2.75) is 11.6 Å². The molecule has 0 aromatic carbocycles. The van der Waals surface area contributed by atoms with Crippen LogP contribution in [0.25, 0.3) is 0 Å². The van der Waals surface area contributed by atoms with Gasteiger partial charge in [0.05, 0.1) is 0 Å². The molecule has 0 bridgehead atoms. The lowest BCUT2D eigenvalue weighted by Crippen LogP contribution is -2.33. The predicted molar refractivity (Wildman–Crippen MR) is 63.6 cm³/mol. The number of hydrogen-bond acceptors (Lipinski definition) is 3. The van der Waals surface area contributed by atoms with Gasteiger partial charge in [0.25, 0.3) is 0 Å². The Morgan fingerprint density at radius 1 is 1.71 bits per heavy atom. The van der Waals surface area contributed by atoms with Gasteiger partial charge in [-0.3, -0.25) is 0 Å². The Bertz CT molecular complexity index is 260. The van der Waals surface area contributed by atoms with Crippen LogP contribution >= 0.6 is 24.0 Å². The highest BCUT2D eigenvalue weighted by molar-refractivity contribution is 7.99. The maximum atomic E-state index is 4.94. The number of aromatic nitrogens is 2. The van der Waals surface area contributed by atoms with E-state index in [1.165, 1.54) is 0 Å². The van der Waals surface area contributed by atoms with Gasteiger partial charge in [-0.2, -0.15) is 0 Å². The molecule has 1 rings (SSSR count). The normalized spacial score (nSPS) is 9.79. The minimum absolute atomic E-state index is 0.702. The van der Waals surface area contributed by atoms with Crippen LogP contribution in [0.15, 0.2) is 17.6 Å². The van der Waals surface area contributed by atoms with Crippen molar-refractivity contribution in [2.75, 3.05) is 19.3 Å². The van der Waals surface area contributed by atoms with Crippen molar-refractivity contribution in [3.05, 3.63) is 12.4 Å². The van der Waals surface area contributed by atoms with Crippen LogP contribution in [0.1, 0.15) is 6.42 Å². The Hall–Kier alpha value is -0.750. The van der Waals surface area contributed by atoms with Gasteiger partial charge in [-0.05, 0) is 18.6 Å². The van der Waals surface area contributed by atoms with Crippen molar-refractivity contribution in [1.82, 2.24) is 20.6 Å². The van der Waals surface area contributed by atoms with Gasteiger partial charge in [0.2, 0.25) is 0 Å². The average molecular weight is 230 g/mol. The van der Waals surface area contributed by atoms with Crippen molar-refractivity contribution < 1.29 is 0 Å². The highest BCUT2D eigenvalue weighted by atomic mass is 32.2. The van der Waals surface area contributed by atoms with E-state index in [2.05, 4.69) is 20.6 Å². The number of thiocarbonyl (C=S) groups is 1. The van der Waals surface area contributed by atoms with Crippen molar-refractivity contribution >= 4 is 29.1 Å². The standard InChI is InChI=1S/C8H14N4S2/c1-9-7(13)10-3-2-6-14-8-11-4-5-12-8/h4-5H,2-3,6H2,1H3,(H,11,12)(H2,9,10,13). The Kier molecular flexibility index (Phi) is 5.39. The third-order valence-corrected chi connectivity index (χ3v) is 2.88. The van der Waals surface area contributed by atoms with Gasteiger partial charge >= 0.3 is 0 Å². The number of hydrogen-bond donors (Lipinski definition) is 3. The molecule has 78 valence electrons. The number of imidazole rings is 1. The first kappa shape index (κ1) is 11.3. The number of rotatable bonds is 5. The highest BCUT2D eigenvalue weighted by Crippen LogP contribution is 2.11. The molecular formula is C8H14N4S2. The summed E-state index contributed by atoms with van der Waals surface area (Å²) in [6.07, 6.45) is 4.65. The fourth-order valence-corrected chi connectivity index (χ4v) is 1.73. The monoisotopic (exact) mass is 230 g/mol. The van der Waals surface area contributed by atoms with Gasteiger partial charge in [-0.25, -0.2) is 4.98 Å². The second-order valence-corrected chi connectivity index (χ2v) is 4.09. The van der Waals surface area contributed by atoms with E-state index in [0.29, 0.717) is 5.11 Å². The Labute approximate surface area is 93.3 Å². The summed E-state index contributed by atoms with van der Waals surface area (Å²) in [5.74, 6) is 1.03. The van der Waals surface area contributed by atoms with Gasteiger partial charge in [-0.1, -0.05) is 11.8 Å². The van der Waals surface area contributed by atoms with Crippen molar-refractivity contribution in [2.24, 2.45) is 0 Å². The van der Waals surface area contributed by atoms with E-state index in [0.717, 1.165) is 23.9 Å². The Morgan fingerprint density at radius 2 is 2.57 bits per heavy atom. The maximum Gasteiger partial charge on any atom is 0.166 e. The largest absolute Gasteiger partial charge is 0.366 e. The molecule has 0 atom stereocenters. The molecule has 0 spiro atoms. The van der Waals surface area contributed by atoms with Gasteiger partial charge < -0.3 is 15.6 Å². The minimum Gasteiger partial charge on any atom is -0.366 e. The molecule has 0 saturated carbocycles. The van der Waals surface area contributed by atoms with Crippen LogP contribution in [0.4, 0.5) is 0 Å². The Balaban J connectivity index is 1.97. The number of thioether (sulfide) groups is 1. The lowest BCUT2D eigenvalue weighted by molar-refractivity contribution is 0.833. The first-order valence-electron chi connectivity index (χ1n) is 4.40. The molecule has 6 heteroatoms. The third kappa shape index (κ3) is 4.48. The molecule has 0 aliphatic rings. The fraction of sp³-hybridized carbons (Fsp3) is 0.500. The molecule has 1 aromatic rings. The fourth-order valence-electron chi connectivity index (χ4n) is 0.861. The highest BCUT2D eigenvalue weighted by Gasteiger charge is 1.95.